The molecule has 2 aromatic rings. The Kier molecular flexibility index (Phi) is 3.31. The van der Waals surface area contributed by atoms with Crippen molar-refractivity contribution >= 4 is 32.6 Å². The van der Waals surface area contributed by atoms with Gasteiger partial charge in [0.1, 0.15) is 0 Å². The molecule has 0 N–H and O–H groups in total. The van der Waals surface area contributed by atoms with E-state index in [4.69, 9.17) is 0 Å². The molecule has 0 radical (unpaired) electrons. The smallest absolute Gasteiger partial charge is 0.245 e. The normalized spacial score (nSPS) is 11.7. The molecule has 5 heteroatoms. The average Bonchev–Trinajstić information content (AvgIpc) is 2.61. The van der Waals surface area contributed by atoms with Crippen LogP contribution in [0.4, 0.5) is 0 Å². The first kappa shape index (κ1) is 12.6. The van der Waals surface area contributed by atoms with E-state index in [0.29, 0.717) is 4.90 Å². The summed E-state index contributed by atoms with van der Waals surface area (Å²) in [4.78, 5) is 0.318. The molecule has 0 bridgehead atoms. The standard InChI is InChI=1S/C12H12INO2S/c1-9-3-5-11(6-4-9)17(15,16)14-8-7-12(13)10(14)2/h3-8H,1-2H3. The van der Waals surface area contributed by atoms with E-state index in [1.165, 1.54) is 3.97 Å². The van der Waals surface area contributed by atoms with Crippen LogP contribution >= 0.6 is 22.6 Å². The average molecular weight is 361 g/mol. The van der Waals surface area contributed by atoms with Crippen molar-refractivity contribution < 1.29 is 8.42 Å². The lowest BCUT2D eigenvalue weighted by atomic mass is 10.2. The van der Waals surface area contributed by atoms with Gasteiger partial charge in [-0.25, -0.2) is 12.4 Å². The van der Waals surface area contributed by atoms with Gasteiger partial charge in [-0.15, -0.1) is 0 Å². The van der Waals surface area contributed by atoms with Crippen molar-refractivity contribution in [3.05, 3.63) is 51.4 Å². The minimum atomic E-state index is -3.45. The van der Waals surface area contributed by atoms with Crippen molar-refractivity contribution in [1.82, 2.24) is 3.97 Å². The molecular formula is C12H12INO2S. The van der Waals surface area contributed by atoms with E-state index in [0.717, 1.165) is 14.8 Å². The van der Waals surface area contributed by atoms with E-state index < -0.39 is 10.0 Å². The Hall–Kier alpha value is -0.820. The van der Waals surface area contributed by atoms with Crippen molar-refractivity contribution in [1.29, 1.82) is 0 Å². The second-order valence-electron chi connectivity index (χ2n) is 3.86. The van der Waals surface area contributed by atoms with Gasteiger partial charge in [-0.3, -0.25) is 0 Å². The van der Waals surface area contributed by atoms with Crippen LogP contribution in [0, 0.1) is 17.4 Å². The molecule has 0 amide bonds. The molecule has 0 saturated heterocycles. The summed E-state index contributed by atoms with van der Waals surface area (Å²) >= 11 is 2.12. The molecule has 0 spiro atoms. The molecule has 0 saturated carbocycles. The van der Waals surface area contributed by atoms with E-state index in [1.807, 2.05) is 6.92 Å². The second-order valence-corrected chi connectivity index (χ2v) is 6.84. The molecule has 1 heterocycles. The third-order valence-corrected chi connectivity index (χ3v) is 5.53. The maximum atomic E-state index is 12.3. The van der Waals surface area contributed by atoms with E-state index in [9.17, 15) is 8.42 Å². The lowest BCUT2D eigenvalue weighted by Crippen LogP contribution is -2.13. The Bertz CT molecular complexity index is 642. The Labute approximate surface area is 115 Å². The van der Waals surface area contributed by atoms with E-state index in [2.05, 4.69) is 22.6 Å². The number of rotatable bonds is 2. The minimum Gasteiger partial charge on any atom is -0.245 e. The van der Waals surface area contributed by atoms with Gasteiger partial charge in [0.25, 0.3) is 10.0 Å². The van der Waals surface area contributed by atoms with Crippen LogP contribution < -0.4 is 0 Å². The number of nitrogens with zero attached hydrogens (tertiary/aromatic N) is 1. The molecule has 0 atom stereocenters. The van der Waals surface area contributed by atoms with Crippen LogP contribution in [-0.4, -0.2) is 12.4 Å². The van der Waals surface area contributed by atoms with Crippen LogP contribution in [0.3, 0.4) is 0 Å². The second kappa shape index (κ2) is 4.45. The van der Waals surface area contributed by atoms with Gasteiger partial charge < -0.3 is 0 Å². The summed E-state index contributed by atoms with van der Waals surface area (Å²) in [6, 6.07) is 8.67. The number of aromatic nitrogens is 1. The molecule has 2 rings (SSSR count). The third-order valence-electron chi connectivity index (χ3n) is 2.61. The zero-order valence-electron chi connectivity index (χ0n) is 9.51. The number of benzene rings is 1. The number of hydrogen-bond donors (Lipinski definition) is 0. The highest BCUT2D eigenvalue weighted by Gasteiger charge is 2.18. The molecule has 0 fully saturated rings. The van der Waals surface area contributed by atoms with Gasteiger partial charge in [0.05, 0.1) is 4.90 Å². The lowest BCUT2D eigenvalue weighted by molar-refractivity contribution is 0.586. The van der Waals surface area contributed by atoms with Gasteiger partial charge in [0.2, 0.25) is 0 Å². The molecule has 0 aliphatic rings. The van der Waals surface area contributed by atoms with Gasteiger partial charge in [0.15, 0.2) is 0 Å². The number of aryl methyl sites for hydroxylation is 1. The highest BCUT2D eigenvalue weighted by molar-refractivity contribution is 14.1. The summed E-state index contributed by atoms with van der Waals surface area (Å²) in [6.07, 6.45) is 1.59. The Balaban J connectivity index is 2.58. The van der Waals surface area contributed by atoms with Crippen LogP contribution in [0.1, 0.15) is 11.3 Å². The monoisotopic (exact) mass is 361 g/mol. The highest BCUT2D eigenvalue weighted by Crippen LogP contribution is 2.20. The van der Waals surface area contributed by atoms with Gasteiger partial charge >= 0.3 is 0 Å². The maximum Gasteiger partial charge on any atom is 0.267 e. The van der Waals surface area contributed by atoms with Crippen LogP contribution in [0.2, 0.25) is 0 Å². The summed E-state index contributed by atoms with van der Waals surface area (Å²) in [7, 11) is -3.45. The molecule has 1 aromatic carbocycles. The predicted octanol–water partition coefficient (Wildman–Crippen LogP) is 2.95. The molecule has 3 nitrogen and oxygen atoms in total. The van der Waals surface area contributed by atoms with Crippen LogP contribution in [0.5, 0.6) is 0 Å². The first-order valence-electron chi connectivity index (χ1n) is 5.08. The minimum absolute atomic E-state index is 0.318. The molecule has 1 aromatic heterocycles. The fourth-order valence-electron chi connectivity index (χ4n) is 1.55. The van der Waals surface area contributed by atoms with E-state index in [-0.39, 0.29) is 0 Å². The quantitative estimate of drug-likeness (QED) is 0.772. The van der Waals surface area contributed by atoms with Crippen LogP contribution in [0.15, 0.2) is 41.4 Å². The highest BCUT2D eigenvalue weighted by atomic mass is 127. The first-order valence-corrected chi connectivity index (χ1v) is 7.60. The van der Waals surface area contributed by atoms with Crippen molar-refractivity contribution in [2.75, 3.05) is 0 Å². The molecule has 17 heavy (non-hydrogen) atoms. The van der Waals surface area contributed by atoms with E-state index >= 15 is 0 Å². The molecule has 90 valence electrons. The largest absolute Gasteiger partial charge is 0.267 e. The summed E-state index contributed by atoms with van der Waals surface area (Å²) in [6.45, 7) is 3.73. The Morgan fingerprint density at radius 1 is 1.06 bits per heavy atom. The summed E-state index contributed by atoms with van der Waals surface area (Å²) in [5.41, 5.74) is 1.79. The van der Waals surface area contributed by atoms with E-state index in [1.54, 1.807) is 43.5 Å². The Morgan fingerprint density at radius 3 is 2.12 bits per heavy atom. The summed E-state index contributed by atoms with van der Waals surface area (Å²) < 4.78 is 26.9. The first-order chi connectivity index (χ1) is 7.93. The molecule has 0 unspecified atom stereocenters. The SMILES string of the molecule is Cc1ccc(S(=O)(=O)n2ccc(I)c2C)cc1. The third kappa shape index (κ3) is 2.26. The molecule has 0 aliphatic carbocycles. The number of hydrogen-bond acceptors (Lipinski definition) is 2. The number of halogens is 1. The van der Waals surface area contributed by atoms with Crippen LogP contribution in [-0.2, 0) is 10.0 Å². The van der Waals surface area contributed by atoms with Crippen molar-refractivity contribution in [2.24, 2.45) is 0 Å². The van der Waals surface area contributed by atoms with Gasteiger partial charge in [0, 0.05) is 15.5 Å². The topological polar surface area (TPSA) is 39.1 Å². The van der Waals surface area contributed by atoms with Gasteiger partial charge in [-0.2, -0.15) is 0 Å². The van der Waals surface area contributed by atoms with Gasteiger partial charge in [-0.05, 0) is 54.6 Å². The fraction of sp³-hybridized carbons (Fsp3) is 0.167. The zero-order chi connectivity index (χ0) is 12.6. The Morgan fingerprint density at radius 2 is 1.65 bits per heavy atom. The van der Waals surface area contributed by atoms with Crippen LogP contribution in [0.25, 0.3) is 0 Å². The van der Waals surface area contributed by atoms with Crippen molar-refractivity contribution in [3.63, 3.8) is 0 Å². The maximum absolute atomic E-state index is 12.3. The summed E-state index contributed by atoms with van der Waals surface area (Å²) in [5, 5.41) is 0. The molecular weight excluding hydrogens is 349 g/mol. The molecule has 0 aliphatic heterocycles. The summed E-state index contributed by atoms with van der Waals surface area (Å²) in [5.74, 6) is 0. The van der Waals surface area contributed by atoms with Crippen molar-refractivity contribution in [2.45, 2.75) is 18.7 Å². The fourth-order valence-corrected chi connectivity index (χ4v) is 3.53. The lowest BCUT2D eigenvalue weighted by Gasteiger charge is -2.08. The van der Waals surface area contributed by atoms with Crippen molar-refractivity contribution in [3.8, 4) is 0 Å². The van der Waals surface area contributed by atoms with Gasteiger partial charge in [-0.1, -0.05) is 17.7 Å². The zero-order valence-corrected chi connectivity index (χ0v) is 12.5. The predicted molar refractivity (Wildman–Crippen MR) is 75.6 cm³/mol.